The quantitative estimate of drug-likeness (QED) is 0.206. The predicted octanol–water partition coefficient (Wildman–Crippen LogP) is 6.32. The summed E-state index contributed by atoms with van der Waals surface area (Å²) in [5.74, 6) is 0. The van der Waals surface area contributed by atoms with Gasteiger partial charge in [-0.1, -0.05) is 77.2 Å². The lowest BCUT2D eigenvalue weighted by Crippen LogP contribution is -2.30. The molecule has 114 valence electrons. The standard InChI is InChI=1S/C17H36OSi/c1-5-7-8-9-10-11-12-13-14-15-17-19(3,4)18-16-6-2/h6H,2,5,7-17H2,1,3-4H3. The van der Waals surface area contributed by atoms with Crippen molar-refractivity contribution >= 4 is 8.32 Å². The molecule has 0 atom stereocenters. The monoisotopic (exact) mass is 284 g/mol. The van der Waals surface area contributed by atoms with Crippen LogP contribution in [0.15, 0.2) is 12.7 Å². The van der Waals surface area contributed by atoms with E-state index in [1.807, 2.05) is 6.08 Å². The third-order valence-corrected chi connectivity index (χ3v) is 6.23. The molecule has 0 aromatic carbocycles. The number of hydrogen-bond donors (Lipinski definition) is 0. The molecule has 0 amide bonds. The molecule has 0 aromatic rings. The van der Waals surface area contributed by atoms with Gasteiger partial charge < -0.3 is 4.43 Å². The molecule has 1 nitrogen and oxygen atoms in total. The fourth-order valence-electron chi connectivity index (χ4n) is 2.39. The Hall–Kier alpha value is -0.0831. The lowest BCUT2D eigenvalue weighted by Gasteiger charge is -2.21. The van der Waals surface area contributed by atoms with Crippen molar-refractivity contribution in [1.82, 2.24) is 0 Å². The molecule has 2 heteroatoms. The van der Waals surface area contributed by atoms with Gasteiger partial charge in [0.1, 0.15) is 0 Å². The van der Waals surface area contributed by atoms with E-state index >= 15 is 0 Å². The van der Waals surface area contributed by atoms with Crippen molar-refractivity contribution in [3.63, 3.8) is 0 Å². The highest BCUT2D eigenvalue weighted by Gasteiger charge is 2.20. The molecule has 0 saturated heterocycles. The zero-order valence-electron chi connectivity index (χ0n) is 13.7. The maximum Gasteiger partial charge on any atom is 0.187 e. The minimum Gasteiger partial charge on any atom is -0.414 e. The largest absolute Gasteiger partial charge is 0.414 e. The SMILES string of the molecule is C=CCO[Si](C)(C)CCCCCCCCCCCC. The van der Waals surface area contributed by atoms with Gasteiger partial charge >= 0.3 is 0 Å². The lowest BCUT2D eigenvalue weighted by atomic mass is 10.1. The molecule has 0 radical (unpaired) electrons. The molecule has 0 aliphatic carbocycles. The molecule has 19 heavy (non-hydrogen) atoms. The van der Waals surface area contributed by atoms with Gasteiger partial charge in [0.05, 0.1) is 6.61 Å². The second-order valence-electron chi connectivity index (χ2n) is 6.29. The fourth-order valence-corrected chi connectivity index (χ4v) is 4.21. The topological polar surface area (TPSA) is 9.23 Å². The number of rotatable bonds is 14. The molecule has 0 unspecified atom stereocenters. The van der Waals surface area contributed by atoms with Gasteiger partial charge in [-0.3, -0.25) is 0 Å². The summed E-state index contributed by atoms with van der Waals surface area (Å²) in [6, 6.07) is 1.30. The van der Waals surface area contributed by atoms with E-state index in [-0.39, 0.29) is 0 Å². The van der Waals surface area contributed by atoms with Crippen LogP contribution in [0.4, 0.5) is 0 Å². The van der Waals surface area contributed by atoms with E-state index in [1.54, 1.807) is 0 Å². The van der Waals surface area contributed by atoms with Gasteiger partial charge in [0, 0.05) is 0 Å². The summed E-state index contributed by atoms with van der Waals surface area (Å²) in [5, 5.41) is 0. The molecule has 0 spiro atoms. The molecule has 0 aromatic heterocycles. The molecule has 0 aliphatic heterocycles. The van der Waals surface area contributed by atoms with Crippen LogP contribution >= 0.6 is 0 Å². The summed E-state index contributed by atoms with van der Waals surface area (Å²) in [7, 11) is -1.39. The van der Waals surface area contributed by atoms with E-state index in [9.17, 15) is 0 Å². The van der Waals surface area contributed by atoms with E-state index in [0.29, 0.717) is 0 Å². The average Bonchev–Trinajstić information content (AvgIpc) is 2.38. The Balaban J connectivity index is 3.23. The Morgan fingerprint density at radius 1 is 0.842 bits per heavy atom. The van der Waals surface area contributed by atoms with Crippen LogP contribution in [0.5, 0.6) is 0 Å². The first-order chi connectivity index (χ1) is 9.12. The van der Waals surface area contributed by atoms with E-state index < -0.39 is 8.32 Å². The Labute approximate surface area is 123 Å². The first kappa shape index (κ1) is 18.9. The maximum absolute atomic E-state index is 5.88. The molecule has 0 rings (SSSR count). The third kappa shape index (κ3) is 14.1. The molecule has 0 N–H and O–H groups in total. The zero-order valence-corrected chi connectivity index (χ0v) is 14.7. The molecule has 0 saturated carbocycles. The van der Waals surface area contributed by atoms with Gasteiger partial charge in [0.25, 0.3) is 0 Å². The highest BCUT2D eigenvalue weighted by atomic mass is 28.4. The Morgan fingerprint density at radius 2 is 1.32 bits per heavy atom. The number of hydrogen-bond acceptors (Lipinski definition) is 1. The molecule has 0 aliphatic rings. The molecular weight excluding hydrogens is 248 g/mol. The predicted molar refractivity (Wildman–Crippen MR) is 90.3 cm³/mol. The highest BCUT2D eigenvalue weighted by Crippen LogP contribution is 2.17. The summed E-state index contributed by atoms with van der Waals surface area (Å²) in [6.07, 6.45) is 16.0. The summed E-state index contributed by atoms with van der Waals surface area (Å²) in [5.41, 5.74) is 0. The van der Waals surface area contributed by atoms with Crippen molar-refractivity contribution in [2.45, 2.75) is 90.3 Å². The van der Waals surface area contributed by atoms with E-state index in [1.165, 1.54) is 70.3 Å². The van der Waals surface area contributed by atoms with Crippen molar-refractivity contribution in [1.29, 1.82) is 0 Å². The first-order valence-corrected chi connectivity index (χ1v) is 11.5. The summed E-state index contributed by atoms with van der Waals surface area (Å²) < 4.78 is 5.88. The molecular formula is C17H36OSi. The van der Waals surface area contributed by atoms with Crippen molar-refractivity contribution in [3.8, 4) is 0 Å². The average molecular weight is 285 g/mol. The van der Waals surface area contributed by atoms with Gasteiger partial charge in [-0.25, -0.2) is 0 Å². The minimum absolute atomic E-state index is 0.733. The smallest absolute Gasteiger partial charge is 0.187 e. The molecule has 0 bridgehead atoms. The van der Waals surface area contributed by atoms with E-state index in [4.69, 9.17) is 4.43 Å². The van der Waals surface area contributed by atoms with Gasteiger partial charge in [0.15, 0.2) is 8.32 Å². The van der Waals surface area contributed by atoms with Gasteiger partial charge in [-0.05, 0) is 19.1 Å². The van der Waals surface area contributed by atoms with Crippen LogP contribution in [0, 0.1) is 0 Å². The second kappa shape index (κ2) is 12.9. The minimum atomic E-state index is -1.39. The molecule has 0 heterocycles. The third-order valence-electron chi connectivity index (χ3n) is 3.72. The van der Waals surface area contributed by atoms with Crippen LogP contribution in [0.1, 0.15) is 71.1 Å². The summed E-state index contributed by atoms with van der Waals surface area (Å²) in [6.45, 7) is 11.4. The Kier molecular flexibility index (Phi) is 12.9. The molecule has 0 fully saturated rings. The van der Waals surface area contributed by atoms with Gasteiger partial charge in [-0.2, -0.15) is 0 Å². The van der Waals surface area contributed by atoms with Crippen LogP contribution in [0.25, 0.3) is 0 Å². The first-order valence-electron chi connectivity index (χ1n) is 8.37. The van der Waals surface area contributed by atoms with Crippen molar-refractivity contribution < 1.29 is 4.43 Å². The van der Waals surface area contributed by atoms with E-state index in [2.05, 4.69) is 26.6 Å². The summed E-state index contributed by atoms with van der Waals surface area (Å²) in [4.78, 5) is 0. The maximum atomic E-state index is 5.88. The second-order valence-corrected chi connectivity index (χ2v) is 10.6. The zero-order chi connectivity index (χ0) is 14.4. The van der Waals surface area contributed by atoms with Crippen LogP contribution in [-0.4, -0.2) is 14.9 Å². The Bertz CT molecular complexity index is 201. The fraction of sp³-hybridized carbons (Fsp3) is 0.882. The normalized spacial score (nSPS) is 11.7. The highest BCUT2D eigenvalue weighted by molar-refractivity contribution is 6.71. The van der Waals surface area contributed by atoms with Gasteiger partial charge in [-0.15, -0.1) is 6.58 Å². The van der Waals surface area contributed by atoms with Crippen LogP contribution in [0.3, 0.4) is 0 Å². The van der Waals surface area contributed by atoms with Crippen LogP contribution in [-0.2, 0) is 4.43 Å². The lowest BCUT2D eigenvalue weighted by molar-refractivity contribution is 0.350. The van der Waals surface area contributed by atoms with Crippen LogP contribution in [0.2, 0.25) is 19.1 Å². The van der Waals surface area contributed by atoms with Crippen molar-refractivity contribution in [2.24, 2.45) is 0 Å². The van der Waals surface area contributed by atoms with Crippen LogP contribution < -0.4 is 0 Å². The van der Waals surface area contributed by atoms with Crippen molar-refractivity contribution in [2.75, 3.05) is 6.61 Å². The summed E-state index contributed by atoms with van der Waals surface area (Å²) >= 11 is 0. The Morgan fingerprint density at radius 3 is 1.79 bits per heavy atom. The van der Waals surface area contributed by atoms with Crippen molar-refractivity contribution in [3.05, 3.63) is 12.7 Å². The number of unbranched alkanes of at least 4 members (excludes halogenated alkanes) is 9. The van der Waals surface area contributed by atoms with Gasteiger partial charge in [0.2, 0.25) is 0 Å². The van der Waals surface area contributed by atoms with E-state index in [0.717, 1.165) is 6.61 Å².